The first-order chi connectivity index (χ1) is 8.19. The minimum absolute atomic E-state index is 0.571. The molecule has 0 aromatic heterocycles. The molecule has 0 atom stereocenters. The second-order valence-corrected chi connectivity index (χ2v) is 4.58. The second-order valence-electron chi connectivity index (χ2n) is 3.76. The van der Waals surface area contributed by atoms with Crippen molar-refractivity contribution in [2.24, 2.45) is 5.73 Å². The Kier molecular flexibility index (Phi) is 6.60. The lowest BCUT2D eigenvalue weighted by atomic mass is 10.1. The molecule has 4 heteroatoms. The third kappa shape index (κ3) is 4.68. The molecule has 0 spiro atoms. The summed E-state index contributed by atoms with van der Waals surface area (Å²) in [6.45, 7) is 1.23. The van der Waals surface area contributed by atoms with E-state index in [0.717, 1.165) is 24.0 Å². The predicted molar refractivity (Wildman–Crippen MR) is 74.6 cm³/mol. The highest BCUT2D eigenvalue weighted by Gasteiger charge is 2.05. The Bertz CT molecular complexity index is 371. The van der Waals surface area contributed by atoms with Crippen LogP contribution in [-0.2, 0) is 4.74 Å². The standard InChI is InChI=1S/C13H17Cl2NO/c1-17-9-10(4-3-7-16)8-11-12(14)5-2-6-13(11)15/h2,5-6,8H,3-4,7,9,16H2,1H3/b10-8+. The highest BCUT2D eigenvalue weighted by molar-refractivity contribution is 6.37. The van der Waals surface area contributed by atoms with E-state index < -0.39 is 0 Å². The molecule has 0 aliphatic carbocycles. The Morgan fingerprint density at radius 1 is 1.35 bits per heavy atom. The first-order valence-corrected chi connectivity index (χ1v) is 6.27. The van der Waals surface area contributed by atoms with Crippen molar-refractivity contribution in [3.05, 3.63) is 39.4 Å². The van der Waals surface area contributed by atoms with E-state index in [2.05, 4.69) is 0 Å². The lowest BCUT2D eigenvalue weighted by Gasteiger charge is -2.08. The Morgan fingerprint density at radius 2 is 2.00 bits per heavy atom. The summed E-state index contributed by atoms with van der Waals surface area (Å²) in [6.07, 6.45) is 3.81. The largest absolute Gasteiger partial charge is 0.380 e. The summed E-state index contributed by atoms with van der Waals surface area (Å²) < 4.78 is 5.16. The molecule has 0 saturated carbocycles. The SMILES string of the molecule is COC/C(=C/c1c(Cl)cccc1Cl)CCCN. The predicted octanol–water partition coefficient (Wildman–Crippen LogP) is 3.76. The van der Waals surface area contributed by atoms with Crippen LogP contribution in [0.4, 0.5) is 0 Å². The fourth-order valence-corrected chi connectivity index (χ4v) is 2.06. The summed E-state index contributed by atoms with van der Waals surface area (Å²) in [6, 6.07) is 5.48. The minimum Gasteiger partial charge on any atom is -0.380 e. The Balaban J connectivity index is 2.94. The third-order valence-electron chi connectivity index (χ3n) is 2.38. The van der Waals surface area contributed by atoms with Crippen molar-refractivity contribution in [3.63, 3.8) is 0 Å². The molecule has 0 bridgehead atoms. The molecule has 17 heavy (non-hydrogen) atoms. The van der Waals surface area contributed by atoms with Gasteiger partial charge in [0, 0.05) is 22.7 Å². The van der Waals surface area contributed by atoms with Gasteiger partial charge in [-0.05, 0) is 37.1 Å². The average molecular weight is 274 g/mol. The number of nitrogens with two attached hydrogens (primary N) is 1. The number of hydrogen-bond acceptors (Lipinski definition) is 2. The van der Waals surface area contributed by atoms with Crippen molar-refractivity contribution in [3.8, 4) is 0 Å². The molecular formula is C13H17Cl2NO. The first kappa shape index (κ1) is 14.5. The van der Waals surface area contributed by atoms with Crippen molar-refractivity contribution < 1.29 is 4.74 Å². The van der Waals surface area contributed by atoms with Crippen LogP contribution in [0, 0.1) is 0 Å². The lowest BCUT2D eigenvalue weighted by Crippen LogP contribution is -2.02. The number of ether oxygens (including phenoxy) is 1. The quantitative estimate of drug-likeness (QED) is 0.857. The van der Waals surface area contributed by atoms with Gasteiger partial charge in [-0.3, -0.25) is 0 Å². The van der Waals surface area contributed by atoms with Crippen molar-refractivity contribution in [1.82, 2.24) is 0 Å². The van der Waals surface area contributed by atoms with E-state index in [1.54, 1.807) is 7.11 Å². The number of benzene rings is 1. The van der Waals surface area contributed by atoms with E-state index in [9.17, 15) is 0 Å². The van der Waals surface area contributed by atoms with Gasteiger partial charge in [0.05, 0.1) is 6.61 Å². The summed E-state index contributed by atoms with van der Waals surface area (Å²) in [5, 5.41) is 1.30. The molecule has 2 nitrogen and oxygen atoms in total. The van der Waals surface area contributed by atoms with Gasteiger partial charge >= 0.3 is 0 Å². The van der Waals surface area contributed by atoms with E-state index in [4.69, 9.17) is 33.7 Å². The molecule has 0 saturated heterocycles. The summed E-state index contributed by atoms with van der Waals surface area (Å²) in [5.41, 5.74) is 7.50. The smallest absolute Gasteiger partial charge is 0.0676 e. The van der Waals surface area contributed by atoms with Gasteiger partial charge in [-0.15, -0.1) is 0 Å². The molecule has 0 unspecified atom stereocenters. The Morgan fingerprint density at radius 3 is 2.53 bits per heavy atom. The fourth-order valence-electron chi connectivity index (χ4n) is 1.55. The lowest BCUT2D eigenvalue weighted by molar-refractivity contribution is 0.223. The monoisotopic (exact) mass is 273 g/mol. The van der Waals surface area contributed by atoms with E-state index in [1.165, 1.54) is 0 Å². The molecular weight excluding hydrogens is 257 g/mol. The van der Waals surface area contributed by atoms with Gasteiger partial charge in [-0.2, -0.15) is 0 Å². The van der Waals surface area contributed by atoms with Gasteiger partial charge in [-0.1, -0.05) is 35.3 Å². The summed E-state index contributed by atoms with van der Waals surface area (Å²) in [5.74, 6) is 0. The van der Waals surface area contributed by atoms with Crippen LogP contribution in [0.25, 0.3) is 6.08 Å². The molecule has 94 valence electrons. The highest BCUT2D eigenvalue weighted by atomic mass is 35.5. The van der Waals surface area contributed by atoms with Crippen molar-refractivity contribution in [2.75, 3.05) is 20.3 Å². The van der Waals surface area contributed by atoms with Gasteiger partial charge in [0.25, 0.3) is 0 Å². The summed E-state index contributed by atoms with van der Waals surface area (Å²) >= 11 is 12.2. The Labute approximate surface area is 112 Å². The van der Waals surface area contributed by atoms with Gasteiger partial charge in [0.2, 0.25) is 0 Å². The van der Waals surface area contributed by atoms with Gasteiger partial charge in [0.1, 0.15) is 0 Å². The molecule has 2 N–H and O–H groups in total. The minimum atomic E-state index is 0.571. The molecule has 0 radical (unpaired) electrons. The van der Waals surface area contributed by atoms with Gasteiger partial charge in [-0.25, -0.2) is 0 Å². The molecule has 0 heterocycles. The highest BCUT2D eigenvalue weighted by Crippen LogP contribution is 2.27. The third-order valence-corrected chi connectivity index (χ3v) is 3.04. The molecule has 1 aromatic carbocycles. The van der Waals surface area contributed by atoms with Crippen LogP contribution in [0.15, 0.2) is 23.8 Å². The molecule has 0 amide bonds. The zero-order valence-electron chi connectivity index (χ0n) is 9.88. The molecule has 0 aliphatic heterocycles. The van der Waals surface area contributed by atoms with Gasteiger partial charge < -0.3 is 10.5 Å². The van der Waals surface area contributed by atoms with Crippen LogP contribution in [0.5, 0.6) is 0 Å². The maximum Gasteiger partial charge on any atom is 0.0676 e. The summed E-state index contributed by atoms with van der Waals surface area (Å²) in [4.78, 5) is 0. The maximum atomic E-state index is 6.11. The van der Waals surface area contributed by atoms with Crippen LogP contribution in [0.2, 0.25) is 10.0 Å². The molecule has 1 aromatic rings. The molecule has 0 aliphatic rings. The van der Waals surface area contributed by atoms with Crippen LogP contribution >= 0.6 is 23.2 Å². The average Bonchev–Trinajstić information content (AvgIpc) is 2.31. The zero-order valence-corrected chi connectivity index (χ0v) is 11.4. The number of halogens is 2. The van der Waals surface area contributed by atoms with E-state index in [0.29, 0.717) is 23.2 Å². The van der Waals surface area contributed by atoms with Crippen LogP contribution in [0.1, 0.15) is 18.4 Å². The van der Waals surface area contributed by atoms with Crippen molar-refractivity contribution >= 4 is 29.3 Å². The number of rotatable bonds is 6. The molecule has 1 rings (SSSR count). The summed E-state index contributed by atoms with van der Waals surface area (Å²) in [7, 11) is 1.67. The number of methoxy groups -OCH3 is 1. The topological polar surface area (TPSA) is 35.2 Å². The van der Waals surface area contributed by atoms with Crippen molar-refractivity contribution in [2.45, 2.75) is 12.8 Å². The van der Waals surface area contributed by atoms with Crippen molar-refractivity contribution in [1.29, 1.82) is 0 Å². The van der Waals surface area contributed by atoms with E-state index in [-0.39, 0.29) is 0 Å². The molecule has 0 fully saturated rings. The first-order valence-electron chi connectivity index (χ1n) is 5.51. The Hall–Kier alpha value is -0.540. The van der Waals surface area contributed by atoms with Crippen LogP contribution in [0.3, 0.4) is 0 Å². The van der Waals surface area contributed by atoms with E-state index in [1.807, 2.05) is 24.3 Å². The van der Waals surface area contributed by atoms with Crippen LogP contribution < -0.4 is 5.73 Å². The van der Waals surface area contributed by atoms with Crippen LogP contribution in [-0.4, -0.2) is 20.3 Å². The zero-order chi connectivity index (χ0) is 12.7. The van der Waals surface area contributed by atoms with Gasteiger partial charge in [0.15, 0.2) is 0 Å². The maximum absolute atomic E-state index is 6.11. The number of hydrogen-bond donors (Lipinski definition) is 1. The van der Waals surface area contributed by atoms with E-state index >= 15 is 0 Å². The second kappa shape index (κ2) is 7.72. The fraction of sp³-hybridized carbons (Fsp3) is 0.385. The normalized spacial score (nSPS) is 11.9.